The molecule has 3 aliphatic rings. The molecule has 198 valence electrons. The van der Waals surface area contributed by atoms with E-state index in [2.05, 4.69) is 16.2 Å². The van der Waals surface area contributed by atoms with Crippen LogP contribution in [0.1, 0.15) is 63.7 Å². The molecule has 11 heteroatoms. The first-order valence-corrected chi connectivity index (χ1v) is 12.3. The summed E-state index contributed by atoms with van der Waals surface area (Å²) in [4.78, 5) is 37.1. The van der Waals surface area contributed by atoms with E-state index in [0.717, 1.165) is 12.8 Å². The number of ether oxygens (including phenoxy) is 5. The lowest BCUT2D eigenvalue weighted by Gasteiger charge is -2.36. The van der Waals surface area contributed by atoms with E-state index in [1.165, 1.54) is 0 Å². The molecule has 11 nitrogen and oxygen atoms in total. The van der Waals surface area contributed by atoms with Gasteiger partial charge in [0, 0.05) is 18.5 Å². The van der Waals surface area contributed by atoms with E-state index in [4.69, 9.17) is 23.7 Å². The van der Waals surface area contributed by atoms with Gasteiger partial charge in [-0.15, -0.1) is 0 Å². The number of benzene rings is 1. The third-order valence-corrected chi connectivity index (χ3v) is 6.14. The van der Waals surface area contributed by atoms with E-state index in [9.17, 15) is 14.4 Å². The maximum atomic E-state index is 12.9. The first-order valence-electron chi connectivity index (χ1n) is 12.3. The molecule has 1 aromatic rings. The number of amides is 3. The monoisotopic (exact) mass is 505 g/mol. The molecule has 36 heavy (non-hydrogen) atoms. The van der Waals surface area contributed by atoms with Crippen molar-refractivity contribution in [1.82, 2.24) is 16.2 Å². The van der Waals surface area contributed by atoms with Gasteiger partial charge >= 0.3 is 0 Å². The summed E-state index contributed by atoms with van der Waals surface area (Å²) in [6.45, 7) is 7.56. The predicted molar refractivity (Wildman–Crippen MR) is 126 cm³/mol. The Morgan fingerprint density at radius 3 is 2.22 bits per heavy atom. The van der Waals surface area contributed by atoms with Crippen LogP contribution in [0.25, 0.3) is 0 Å². The standard InChI is InChI=1S/C25H35N3O8/c1-24(2)33-17-18(34-24)20-23(36-25(3,4)35-20)32-19(17)22(31)28-27-16(29)13-9-6-10-14-26-21(30)15-11-7-5-8-12-15/h5,7-8,11-12,17-20,23H,6,9-10,13-14H2,1-4H3,(H,26,30)(H,27,29)(H,28,31). The van der Waals surface area contributed by atoms with Gasteiger partial charge in [0.25, 0.3) is 11.8 Å². The Bertz CT molecular complexity index is 954. The molecule has 3 fully saturated rings. The Morgan fingerprint density at radius 1 is 0.806 bits per heavy atom. The molecule has 4 rings (SSSR count). The molecular formula is C25H35N3O8. The van der Waals surface area contributed by atoms with Crippen LogP contribution in [-0.4, -0.2) is 66.5 Å². The molecule has 0 aromatic heterocycles. The van der Waals surface area contributed by atoms with Gasteiger partial charge in [0.2, 0.25) is 5.91 Å². The summed E-state index contributed by atoms with van der Waals surface area (Å²) in [7, 11) is 0. The van der Waals surface area contributed by atoms with Gasteiger partial charge in [-0.2, -0.15) is 0 Å². The summed E-state index contributed by atoms with van der Waals surface area (Å²) in [6, 6.07) is 9.00. The van der Waals surface area contributed by atoms with Gasteiger partial charge in [-0.3, -0.25) is 25.2 Å². The first kappa shape index (κ1) is 26.5. The van der Waals surface area contributed by atoms with Crippen molar-refractivity contribution < 1.29 is 38.1 Å². The minimum atomic E-state index is -1.05. The summed E-state index contributed by atoms with van der Waals surface area (Å²) in [5.41, 5.74) is 5.47. The molecule has 3 heterocycles. The second-order valence-electron chi connectivity index (χ2n) is 10.1. The highest BCUT2D eigenvalue weighted by molar-refractivity contribution is 5.94. The Labute approximate surface area is 210 Å². The molecule has 5 atom stereocenters. The maximum absolute atomic E-state index is 12.9. The van der Waals surface area contributed by atoms with E-state index < -0.39 is 48.2 Å². The third-order valence-electron chi connectivity index (χ3n) is 6.14. The molecular weight excluding hydrogens is 470 g/mol. The van der Waals surface area contributed by atoms with Crippen molar-refractivity contribution in [3.05, 3.63) is 35.9 Å². The highest BCUT2D eigenvalue weighted by Crippen LogP contribution is 2.44. The van der Waals surface area contributed by atoms with E-state index in [0.29, 0.717) is 18.5 Å². The first-order chi connectivity index (χ1) is 17.0. The largest absolute Gasteiger partial charge is 0.352 e. The Balaban J connectivity index is 1.17. The zero-order chi connectivity index (χ0) is 25.9. The fourth-order valence-electron chi connectivity index (χ4n) is 4.57. The van der Waals surface area contributed by atoms with Crippen LogP contribution in [0.5, 0.6) is 0 Å². The van der Waals surface area contributed by atoms with Crippen molar-refractivity contribution in [2.24, 2.45) is 0 Å². The lowest BCUT2D eigenvalue weighted by atomic mass is 9.98. The zero-order valence-corrected chi connectivity index (χ0v) is 21.1. The van der Waals surface area contributed by atoms with Crippen molar-refractivity contribution >= 4 is 17.7 Å². The summed E-state index contributed by atoms with van der Waals surface area (Å²) in [5.74, 6) is -2.82. The summed E-state index contributed by atoms with van der Waals surface area (Å²) < 4.78 is 29.5. The van der Waals surface area contributed by atoms with Crippen LogP contribution in [0.15, 0.2) is 30.3 Å². The molecule has 1 aromatic carbocycles. The second-order valence-corrected chi connectivity index (χ2v) is 10.1. The average molecular weight is 506 g/mol. The number of hydrogen-bond donors (Lipinski definition) is 3. The molecule has 0 spiro atoms. The van der Waals surface area contributed by atoms with E-state index in [1.807, 2.05) is 18.2 Å². The summed E-state index contributed by atoms with van der Waals surface area (Å²) in [5, 5.41) is 2.86. The van der Waals surface area contributed by atoms with Crippen molar-refractivity contribution in [1.29, 1.82) is 0 Å². The van der Waals surface area contributed by atoms with Gasteiger partial charge < -0.3 is 29.0 Å². The molecule has 0 bridgehead atoms. The van der Waals surface area contributed by atoms with Crippen LogP contribution in [0.3, 0.4) is 0 Å². The zero-order valence-electron chi connectivity index (χ0n) is 21.1. The van der Waals surface area contributed by atoms with Crippen LogP contribution in [0.2, 0.25) is 0 Å². The maximum Gasteiger partial charge on any atom is 0.270 e. The highest BCUT2D eigenvalue weighted by Gasteiger charge is 2.62. The van der Waals surface area contributed by atoms with Crippen molar-refractivity contribution in [3.8, 4) is 0 Å². The van der Waals surface area contributed by atoms with Crippen LogP contribution < -0.4 is 16.2 Å². The molecule has 3 N–H and O–H groups in total. The SMILES string of the molecule is CC1(C)OC2OC(C(=O)NNC(=O)CCCCCNC(=O)c3ccccc3)C3OC(C)(C)OC3C2O1. The number of hydrogen-bond acceptors (Lipinski definition) is 8. The summed E-state index contributed by atoms with van der Waals surface area (Å²) >= 11 is 0. The molecule has 0 radical (unpaired) electrons. The number of rotatable bonds is 8. The van der Waals surface area contributed by atoms with Crippen molar-refractivity contribution in [2.45, 2.75) is 95.7 Å². The van der Waals surface area contributed by atoms with Crippen LogP contribution >= 0.6 is 0 Å². The van der Waals surface area contributed by atoms with E-state index >= 15 is 0 Å². The third kappa shape index (κ3) is 6.40. The molecule has 3 amide bonds. The number of carbonyl (C=O) groups is 3. The predicted octanol–water partition coefficient (Wildman–Crippen LogP) is 1.52. The minimum absolute atomic E-state index is 0.118. The quantitative estimate of drug-likeness (QED) is 0.358. The van der Waals surface area contributed by atoms with Gasteiger partial charge in [0.05, 0.1) is 0 Å². The van der Waals surface area contributed by atoms with Crippen LogP contribution in [0, 0.1) is 0 Å². The Morgan fingerprint density at radius 2 is 1.47 bits per heavy atom. The topological polar surface area (TPSA) is 133 Å². The highest BCUT2D eigenvalue weighted by atomic mass is 16.9. The number of carbonyl (C=O) groups excluding carboxylic acids is 3. The van der Waals surface area contributed by atoms with Crippen molar-refractivity contribution in [3.63, 3.8) is 0 Å². The minimum Gasteiger partial charge on any atom is -0.352 e. The number of fused-ring (bicyclic) bond motifs is 3. The lowest BCUT2D eigenvalue weighted by molar-refractivity contribution is -0.231. The van der Waals surface area contributed by atoms with Gasteiger partial charge in [-0.05, 0) is 52.7 Å². The smallest absolute Gasteiger partial charge is 0.270 e. The molecule has 0 aliphatic carbocycles. The second kappa shape index (κ2) is 10.8. The lowest BCUT2D eigenvalue weighted by Crippen LogP contribution is -2.61. The summed E-state index contributed by atoms with van der Waals surface area (Å²) in [6.07, 6.45) is -1.33. The van der Waals surface area contributed by atoms with Crippen LogP contribution in [0.4, 0.5) is 0 Å². The Hall–Kier alpha value is -2.57. The number of hydrazine groups is 1. The van der Waals surface area contributed by atoms with Gasteiger partial charge in [-0.25, -0.2) is 0 Å². The van der Waals surface area contributed by atoms with Crippen LogP contribution in [-0.2, 0) is 33.3 Å². The molecule has 3 saturated heterocycles. The molecule has 0 saturated carbocycles. The normalized spacial score (nSPS) is 29.6. The van der Waals surface area contributed by atoms with Gasteiger partial charge in [0.15, 0.2) is 24.0 Å². The fourth-order valence-corrected chi connectivity index (χ4v) is 4.57. The average Bonchev–Trinajstić information content (AvgIpc) is 3.33. The van der Waals surface area contributed by atoms with Gasteiger partial charge in [-0.1, -0.05) is 24.6 Å². The van der Waals surface area contributed by atoms with E-state index in [-0.39, 0.29) is 18.2 Å². The Kier molecular flexibility index (Phi) is 7.96. The van der Waals surface area contributed by atoms with Crippen molar-refractivity contribution in [2.75, 3.05) is 6.54 Å². The van der Waals surface area contributed by atoms with E-state index in [1.54, 1.807) is 39.8 Å². The molecule has 3 aliphatic heterocycles. The molecule has 5 unspecified atom stereocenters. The number of nitrogens with one attached hydrogen (secondary N) is 3. The van der Waals surface area contributed by atoms with Gasteiger partial charge in [0.1, 0.15) is 18.3 Å². The number of unbranched alkanes of at least 4 members (excludes halogenated alkanes) is 2. The fraction of sp³-hybridized carbons (Fsp3) is 0.640.